The van der Waals surface area contributed by atoms with Crippen molar-refractivity contribution in [1.29, 1.82) is 0 Å². The highest BCUT2D eigenvalue weighted by Crippen LogP contribution is 2.76. The molecule has 4 aliphatic carbocycles. The molecule has 5 fully saturated rings. The molecule has 0 radical (unpaired) electrons. The predicted octanol–water partition coefficient (Wildman–Crippen LogP) is 4.32. The van der Waals surface area contributed by atoms with E-state index < -0.39 is 49.0 Å². The second kappa shape index (κ2) is 11.8. The molecule has 6 N–H and O–H groups in total. The van der Waals surface area contributed by atoms with Crippen molar-refractivity contribution in [3.05, 3.63) is 11.6 Å². The molecule has 1 aliphatic heterocycles. The fraction of sp³-hybridized carbons (Fsp3) is 0.944. The average Bonchev–Trinajstić information content (AvgIpc) is 3.33. The first-order valence-electron chi connectivity index (χ1n) is 17.3. The van der Waals surface area contributed by atoms with Crippen LogP contribution in [-0.4, -0.2) is 85.8 Å². The smallest absolute Gasteiger partial charge is 0.187 e. The Bertz CT molecular complexity index is 1070. The van der Waals surface area contributed by atoms with E-state index >= 15 is 0 Å². The summed E-state index contributed by atoms with van der Waals surface area (Å²) in [6.45, 7) is 17.5. The van der Waals surface area contributed by atoms with Crippen LogP contribution in [0.1, 0.15) is 113 Å². The third kappa shape index (κ3) is 5.17. The number of rotatable bonds is 7. The summed E-state index contributed by atoms with van der Waals surface area (Å²) in [6, 6.07) is 0. The fourth-order valence-electron chi connectivity index (χ4n) is 11.8. The number of hydrogen-bond acceptors (Lipinski definition) is 8. The number of aliphatic hydroxyl groups excluding tert-OH is 6. The van der Waals surface area contributed by atoms with E-state index in [9.17, 15) is 30.6 Å². The summed E-state index contributed by atoms with van der Waals surface area (Å²) in [7, 11) is 0. The molecule has 0 spiro atoms. The highest BCUT2D eigenvalue weighted by atomic mass is 16.7. The van der Waals surface area contributed by atoms with Crippen LogP contribution in [-0.2, 0) is 9.47 Å². The van der Waals surface area contributed by atoms with Gasteiger partial charge in [0.05, 0.1) is 24.4 Å². The number of aliphatic hydroxyl groups is 6. The predicted molar refractivity (Wildman–Crippen MR) is 168 cm³/mol. The van der Waals surface area contributed by atoms with Crippen LogP contribution in [0.3, 0.4) is 0 Å². The van der Waals surface area contributed by atoms with E-state index in [0.29, 0.717) is 18.3 Å². The van der Waals surface area contributed by atoms with Crippen molar-refractivity contribution in [3.63, 3.8) is 0 Å². The normalized spacial score (nSPS) is 51.5. The summed E-state index contributed by atoms with van der Waals surface area (Å²) >= 11 is 0. The summed E-state index contributed by atoms with van der Waals surface area (Å²) in [5.74, 6) is 0.713. The van der Waals surface area contributed by atoms with Gasteiger partial charge in [0, 0.05) is 0 Å². The van der Waals surface area contributed by atoms with Gasteiger partial charge in [0.1, 0.15) is 24.4 Å². The van der Waals surface area contributed by atoms with Crippen molar-refractivity contribution in [2.24, 2.45) is 45.3 Å². The number of allylic oxidation sites excluding steroid dienone is 2. The van der Waals surface area contributed by atoms with Gasteiger partial charge in [0.15, 0.2) is 6.29 Å². The third-order valence-corrected chi connectivity index (χ3v) is 14.6. The van der Waals surface area contributed by atoms with Gasteiger partial charge in [-0.1, -0.05) is 46.3 Å². The zero-order valence-electron chi connectivity index (χ0n) is 28.5. The molecule has 0 amide bonds. The Kier molecular flexibility index (Phi) is 9.35. The van der Waals surface area contributed by atoms with Crippen LogP contribution in [0.25, 0.3) is 0 Å². The van der Waals surface area contributed by atoms with E-state index in [1.165, 1.54) is 5.57 Å². The lowest BCUT2D eigenvalue weighted by Gasteiger charge is -2.70. The van der Waals surface area contributed by atoms with Crippen molar-refractivity contribution in [3.8, 4) is 0 Å². The van der Waals surface area contributed by atoms with Crippen LogP contribution in [0.15, 0.2) is 11.6 Å². The molecule has 0 aromatic carbocycles. The van der Waals surface area contributed by atoms with Gasteiger partial charge in [0.25, 0.3) is 0 Å². The Morgan fingerprint density at radius 3 is 2.16 bits per heavy atom. The zero-order chi connectivity index (χ0) is 32.6. The average molecular weight is 623 g/mol. The van der Waals surface area contributed by atoms with Gasteiger partial charge in [-0.2, -0.15) is 0 Å². The Hall–Kier alpha value is -0.580. The minimum absolute atomic E-state index is 0.0131. The molecule has 0 aromatic heterocycles. The van der Waals surface area contributed by atoms with Crippen molar-refractivity contribution < 1.29 is 40.1 Å². The maximum absolute atomic E-state index is 12.2. The molecule has 5 rings (SSSR count). The molecular formula is C36H62O8. The van der Waals surface area contributed by atoms with Gasteiger partial charge >= 0.3 is 0 Å². The Labute approximate surface area is 265 Å². The van der Waals surface area contributed by atoms with Gasteiger partial charge in [-0.15, -0.1) is 0 Å². The number of ether oxygens (including phenoxy) is 2. The first kappa shape index (κ1) is 34.7. The monoisotopic (exact) mass is 622 g/mol. The molecule has 1 heterocycles. The largest absolute Gasteiger partial charge is 0.394 e. The van der Waals surface area contributed by atoms with E-state index in [1.54, 1.807) is 0 Å². The van der Waals surface area contributed by atoms with E-state index in [2.05, 4.69) is 61.5 Å². The molecule has 7 unspecified atom stereocenters. The maximum Gasteiger partial charge on any atom is 0.187 e. The van der Waals surface area contributed by atoms with Gasteiger partial charge in [-0.25, -0.2) is 0 Å². The quantitative estimate of drug-likeness (QED) is 0.231. The Morgan fingerprint density at radius 2 is 1.52 bits per heavy atom. The van der Waals surface area contributed by atoms with Crippen LogP contribution in [0.5, 0.6) is 0 Å². The van der Waals surface area contributed by atoms with E-state index in [1.807, 2.05) is 0 Å². The molecule has 15 atom stereocenters. The highest BCUT2D eigenvalue weighted by Gasteiger charge is 2.71. The molecule has 8 heteroatoms. The Morgan fingerprint density at radius 1 is 0.864 bits per heavy atom. The van der Waals surface area contributed by atoms with Crippen molar-refractivity contribution in [2.75, 3.05) is 6.61 Å². The lowest BCUT2D eigenvalue weighted by Crippen LogP contribution is -2.67. The van der Waals surface area contributed by atoms with Crippen molar-refractivity contribution >= 4 is 0 Å². The van der Waals surface area contributed by atoms with E-state index in [4.69, 9.17) is 9.47 Å². The Balaban J connectivity index is 1.49. The maximum atomic E-state index is 12.2. The first-order valence-corrected chi connectivity index (χ1v) is 17.3. The molecule has 5 aliphatic rings. The molecule has 4 saturated carbocycles. The summed E-state index contributed by atoms with van der Waals surface area (Å²) in [6.07, 6.45) is 2.60. The van der Waals surface area contributed by atoms with Gasteiger partial charge in [-0.05, 0) is 124 Å². The van der Waals surface area contributed by atoms with Crippen LogP contribution >= 0.6 is 0 Å². The van der Waals surface area contributed by atoms with E-state index in [0.717, 1.165) is 51.4 Å². The van der Waals surface area contributed by atoms with Gasteiger partial charge in [-0.3, -0.25) is 0 Å². The molecule has 44 heavy (non-hydrogen) atoms. The van der Waals surface area contributed by atoms with Crippen LogP contribution in [0, 0.1) is 45.3 Å². The molecule has 8 nitrogen and oxygen atoms in total. The van der Waals surface area contributed by atoms with Crippen LogP contribution in [0.4, 0.5) is 0 Å². The lowest BCUT2D eigenvalue weighted by atomic mass is 9.35. The summed E-state index contributed by atoms with van der Waals surface area (Å²) in [5, 5.41) is 65.0. The molecule has 1 saturated heterocycles. The summed E-state index contributed by atoms with van der Waals surface area (Å²) < 4.78 is 12.6. The van der Waals surface area contributed by atoms with Crippen LogP contribution in [0.2, 0.25) is 0 Å². The molecule has 254 valence electrons. The summed E-state index contributed by atoms with van der Waals surface area (Å²) in [4.78, 5) is 0. The standard InChI is InChI=1S/C36H62O8/c1-20(2)10-9-14-36(8,44-31-30(42)29(41)28(40)23(19-37)43-31)21-11-16-35(7)27(21)22(38)18-25-33(5)15-13-26(39)32(3,4)24(33)12-17-34(25,35)6/h10,21-31,37-42H,9,11-19H2,1-8H3/t21?,22-,23?,24?,25?,26?,27?,28-,29?,30+,31+,33+,34-,35-,36+/m1/s1. The van der Waals surface area contributed by atoms with Crippen molar-refractivity contribution in [1.82, 2.24) is 0 Å². The minimum atomic E-state index is -1.50. The second-order valence-electron chi connectivity index (χ2n) is 17.3. The van der Waals surface area contributed by atoms with Gasteiger partial charge in [0.2, 0.25) is 0 Å². The van der Waals surface area contributed by atoms with Crippen molar-refractivity contribution in [2.45, 2.75) is 162 Å². The fourth-order valence-corrected chi connectivity index (χ4v) is 11.8. The van der Waals surface area contributed by atoms with Gasteiger partial charge < -0.3 is 40.1 Å². The summed E-state index contributed by atoms with van der Waals surface area (Å²) in [5.41, 5.74) is 0.171. The first-order chi connectivity index (χ1) is 20.4. The topological polar surface area (TPSA) is 140 Å². The minimum Gasteiger partial charge on any atom is -0.394 e. The molecular weight excluding hydrogens is 560 g/mol. The zero-order valence-corrected chi connectivity index (χ0v) is 28.5. The number of fused-ring (bicyclic) bond motifs is 5. The lowest BCUT2D eigenvalue weighted by molar-refractivity contribution is -0.336. The molecule has 0 aromatic rings. The molecule has 0 bridgehead atoms. The SMILES string of the molecule is CC(C)=CCC[C@](C)(O[C@@H]1OC(CO)[C@@H](O)C(O)[C@@H]1O)C1CC[C@]2(C)C1[C@H](O)CC1[C@@]3(C)CCC(O)C(C)(C)C3CC[C@]12C. The van der Waals surface area contributed by atoms with Crippen LogP contribution < -0.4 is 0 Å². The number of hydrogen-bond donors (Lipinski definition) is 6. The van der Waals surface area contributed by atoms with E-state index in [-0.39, 0.29) is 39.6 Å². The third-order valence-electron chi connectivity index (χ3n) is 14.6. The second-order valence-corrected chi connectivity index (χ2v) is 17.3. The highest BCUT2D eigenvalue weighted by molar-refractivity contribution is 5.20.